The van der Waals surface area contributed by atoms with Crippen LogP contribution in [0.4, 0.5) is 0 Å². The van der Waals surface area contributed by atoms with Gasteiger partial charge in [-0.2, -0.15) is 0 Å². The van der Waals surface area contributed by atoms with Gasteiger partial charge in [0.15, 0.2) is 0 Å². The van der Waals surface area contributed by atoms with Gasteiger partial charge in [-0.15, -0.1) is 0 Å². The van der Waals surface area contributed by atoms with Crippen LogP contribution in [-0.2, 0) is 17.6 Å². The molecule has 1 aromatic rings. The van der Waals surface area contributed by atoms with E-state index in [1.807, 2.05) is 6.92 Å². The number of carbonyl (C=O) groups is 1. The highest BCUT2D eigenvalue weighted by Gasteiger charge is 2.23. The van der Waals surface area contributed by atoms with E-state index >= 15 is 0 Å². The van der Waals surface area contributed by atoms with Crippen LogP contribution in [0.1, 0.15) is 49.3 Å². The van der Waals surface area contributed by atoms with Gasteiger partial charge in [-0.25, -0.2) is 4.98 Å². The van der Waals surface area contributed by atoms with Gasteiger partial charge < -0.3 is 10.1 Å². The topological polar surface area (TPSA) is 66.0 Å². The van der Waals surface area contributed by atoms with Crippen LogP contribution in [0.5, 0.6) is 0 Å². The van der Waals surface area contributed by atoms with Crippen LogP contribution < -0.4 is 0 Å². The standard InChI is InChI=1S/C11H16N2O2/c1-2-7(11(14)15)10-12-8-5-3-4-6-9(8)13-10/h7H,2-6H2,1H3,(H,12,13)(H,14,15). The van der Waals surface area contributed by atoms with Crippen molar-refractivity contribution in [1.82, 2.24) is 9.97 Å². The average molecular weight is 208 g/mol. The van der Waals surface area contributed by atoms with E-state index in [1.165, 1.54) is 12.8 Å². The highest BCUT2D eigenvalue weighted by atomic mass is 16.4. The lowest BCUT2D eigenvalue weighted by Crippen LogP contribution is -2.12. The fraction of sp³-hybridized carbons (Fsp3) is 0.636. The monoisotopic (exact) mass is 208 g/mol. The van der Waals surface area contributed by atoms with Gasteiger partial charge in [0.25, 0.3) is 0 Å². The summed E-state index contributed by atoms with van der Waals surface area (Å²) in [6.45, 7) is 1.88. The van der Waals surface area contributed by atoms with Gasteiger partial charge >= 0.3 is 5.97 Å². The quantitative estimate of drug-likeness (QED) is 0.796. The smallest absolute Gasteiger partial charge is 0.314 e. The molecule has 0 saturated heterocycles. The molecule has 0 radical (unpaired) electrons. The molecule has 0 amide bonds. The van der Waals surface area contributed by atoms with Crippen LogP contribution in [0.15, 0.2) is 0 Å². The zero-order chi connectivity index (χ0) is 10.8. The molecule has 4 nitrogen and oxygen atoms in total. The maximum absolute atomic E-state index is 11.0. The molecule has 1 aromatic heterocycles. The molecule has 0 saturated carbocycles. The summed E-state index contributed by atoms with van der Waals surface area (Å²) in [7, 11) is 0. The molecule has 0 bridgehead atoms. The fourth-order valence-corrected chi connectivity index (χ4v) is 2.13. The van der Waals surface area contributed by atoms with Crippen LogP contribution in [0.3, 0.4) is 0 Å². The zero-order valence-corrected chi connectivity index (χ0v) is 8.92. The summed E-state index contributed by atoms with van der Waals surface area (Å²) in [5, 5.41) is 9.03. The van der Waals surface area contributed by atoms with E-state index in [9.17, 15) is 4.79 Å². The minimum absolute atomic E-state index is 0.476. The number of hydrogen-bond acceptors (Lipinski definition) is 2. The van der Waals surface area contributed by atoms with E-state index in [2.05, 4.69) is 9.97 Å². The van der Waals surface area contributed by atoms with Crippen molar-refractivity contribution in [1.29, 1.82) is 0 Å². The second-order valence-corrected chi connectivity index (χ2v) is 4.05. The second kappa shape index (κ2) is 4.04. The lowest BCUT2D eigenvalue weighted by molar-refractivity contribution is -0.139. The Balaban J connectivity index is 2.28. The van der Waals surface area contributed by atoms with Crippen molar-refractivity contribution in [3.63, 3.8) is 0 Å². The number of rotatable bonds is 3. The van der Waals surface area contributed by atoms with Crippen molar-refractivity contribution >= 4 is 5.97 Å². The Morgan fingerprint density at radius 3 is 2.87 bits per heavy atom. The Kier molecular flexibility index (Phi) is 2.75. The van der Waals surface area contributed by atoms with E-state index in [-0.39, 0.29) is 0 Å². The maximum atomic E-state index is 11.0. The number of aliphatic carboxylic acids is 1. The Bertz CT molecular complexity index is 347. The van der Waals surface area contributed by atoms with E-state index in [0.29, 0.717) is 12.2 Å². The van der Waals surface area contributed by atoms with Crippen LogP contribution in [0.25, 0.3) is 0 Å². The van der Waals surface area contributed by atoms with Gasteiger partial charge in [-0.05, 0) is 32.1 Å². The van der Waals surface area contributed by atoms with Crippen molar-refractivity contribution in [2.24, 2.45) is 0 Å². The normalized spacial score (nSPS) is 17.1. The molecule has 0 spiro atoms. The molecule has 1 aliphatic rings. The van der Waals surface area contributed by atoms with Gasteiger partial charge in [0, 0.05) is 5.69 Å². The number of fused-ring (bicyclic) bond motifs is 1. The third kappa shape index (κ3) is 1.89. The Labute approximate surface area is 88.7 Å². The number of carboxylic acid groups (broad SMARTS) is 1. The number of aromatic nitrogens is 2. The molecular formula is C11H16N2O2. The van der Waals surface area contributed by atoms with Crippen LogP contribution >= 0.6 is 0 Å². The van der Waals surface area contributed by atoms with Crippen molar-refractivity contribution in [2.45, 2.75) is 44.9 Å². The summed E-state index contributed by atoms with van der Waals surface area (Å²) in [6.07, 6.45) is 4.93. The van der Waals surface area contributed by atoms with Crippen molar-refractivity contribution in [3.05, 3.63) is 17.2 Å². The first-order valence-electron chi connectivity index (χ1n) is 5.52. The summed E-state index contributed by atoms with van der Waals surface area (Å²) in [4.78, 5) is 18.6. The van der Waals surface area contributed by atoms with Crippen LogP contribution in [0.2, 0.25) is 0 Å². The molecule has 82 valence electrons. The van der Waals surface area contributed by atoms with Crippen LogP contribution in [0, 0.1) is 0 Å². The highest BCUT2D eigenvalue weighted by Crippen LogP contribution is 2.23. The molecule has 1 atom stereocenters. The van der Waals surface area contributed by atoms with Crippen LogP contribution in [-0.4, -0.2) is 21.0 Å². The van der Waals surface area contributed by atoms with Gasteiger partial charge in [-0.1, -0.05) is 6.92 Å². The number of H-pyrrole nitrogens is 1. The van der Waals surface area contributed by atoms with Gasteiger partial charge in [0.05, 0.1) is 5.69 Å². The molecule has 1 aliphatic carbocycles. The second-order valence-electron chi connectivity index (χ2n) is 4.05. The number of carboxylic acids is 1. The lowest BCUT2D eigenvalue weighted by Gasteiger charge is -2.07. The first kappa shape index (κ1) is 10.2. The maximum Gasteiger partial charge on any atom is 0.314 e. The third-order valence-corrected chi connectivity index (χ3v) is 3.01. The first-order chi connectivity index (χ1) is 7.22. The molecule has 0 aromatic carbocycles. The molecule has 4 heteroatoms. The van der Waals surface area contributed by atoms with E-state index in [0.717, 1.165) is 24.2 Å². The van der Waals surface area contributed by atoms with Gasteiger partial charge in [-0.3, -0.25) is 4.79 Å². The number of nitrogens with zero attached hydrogens (tertiary/aromatic N) is 1. The van der Waals surface area contributed by atoms with Gasteiger partial charge in [0.1, 0.15) is 11.7 Å². The summed E-state index contributed by atoms with van der Waals surface area (Å²) in [6, 6.07) is 0. The highest BCUT2D eigenvalue weighted by molar-refractivity contribution is 5.74. The Morgan fingerprint density at radius 2 is 2.27 bits per heavy atom. The average Bonchev–Trinajstić information content (AvgIpc) is 2.61. The molecule has 1 heterocycles. The largest absolute Gasteiger partial charge is 0.481 e. The lowest BCUT2D eigenvalue weighted by atomic mass is 10.0. The third-order valence-electron chi connectivity index (χ3n) is 3.01. The van der Waals surface area contributed by atoms with E-state index in [1.54, 1.807) is 0 Å². The van der Waals surface area contributed by atoms with Crippen molar-refractivity contribution < 1.29 is 9.90 Å². The number of imidazole rings is 1. The van der Waals surface area contributed by atoms with E-state index in [4.69, 9.17) is 5.11 Å². The molecular weight excluding hydrogens is 192 g/mol. The molecule has 2 N–H and O–H groups in total. The first-order valence-corrected chi connectivity index (χ1v) is 5.52. The Morgan fingerprint density at radius 1 is 1.53 bits per heavy atom. The summed E-state index contributed by atoms with van der Waals surface area (Å²) in [5.41, 5.74) is 2.23. The summed E-state index contributed by atoms with van der Waals surface area (Å²) >= 11 is 0. The molecule has 0 aliphatic heterocycles. The number of hydrogen-bond donors (Lipinski definition) is 2. The minimum Gasteiger partial charge on any atom is -0.481 e. The number of aryl methyl sites for hydroxylation is 2. The summed E-state index contributed by atoms with van der Waals surface area (Å²) < 4.78 is 0. The molecule has 15 heavy (non-hydrogen) atoms. The van der Waals surface area contributed by atoms with Crippen molar-refractivity contribution in [3.8, 4) is 0 Å². The molecule has 1 unspecified atom stereocenters. The van der Waals surface area contributed by atoms with Crippen molar-refractivity contribution in [2.75, 3.05) is 0 Å². The predicted molar refractivity (Wildman–Crippen MR) is 55.9 cm³/mol. The summed E-state index contributed by atoms with van der Waals surface area (Å²) in [5.74, 6) is -0.629. The Hall–Kier alpha value is -1.32. The van der Waals surface area contributed by atoms with Gasteiger partial charge in [0.2, 0.25) is 0 Å². The number of nitrogens with one attached hydrogen (secondary N) is 1. The predicted octanol–water partition coefficient (Wildman–Crippen LogP) is 1.87. The molecule has 2 rings (SSSR count). The fourth-order valence-electron chi connectivity index (χ4n) is 2.13. The number of aromatic amines is 1. The van der Waals surface area contributed by atoms with E-state index < -0.39 is 11.9 Å². The SMILES string of the molecule is CCC(C(=O)O)c1nc2c([nH]1)CCCC2. The minimum atomic E-state index is -0.788. The molecule has 0 fully saturated rings. The zero-order valence-electron chi connectivity index (χ0n) is 8.92.